The van der Waals surface area contributed by atoms with Crippen molar-refractivity contribution >= 4 is 11.9 Å². The first-order chi connectivity index (χ1) is 8.25. The number of phenolic OH excluding ortho intramolecular Hbond substituents is 2. The van der Waals surface area contributed by atoms with Crippen molar-refractivity contribution in [2.75, 3.05) is 5.43 Å². The molecule has 2 rings (SSSR count). The van der Waals surface area contributed by atoms with Gasteiger partial charge in [-0.15, -0.1) is 0 Å². The third kappa shape index (κ3) is 2.98. The Morgan fingerprint density at radius 3 is 2.47 bits per heavy atom. The Morgan fingerprint density at radius 1 is 1.00 bits per heavy atom. The Balaban J connectivity index is 2.06. The molecule has 0 unspecified atom stereocenters. The predicted molar refractivity (Wildman–Crippen MR) is 67.4 cm³/mol. The van der Waals surface area contributed by atoms with Gasteiger partial charge in [-0.3, -0.25) is 5.43 Å². The zero-order chi connectivity index (χ0) is 12.1. The zero-order valence-corrected chi connectivity index (χ0v) is 9.04. The van der Waals surface area contributed by atoms with Gasteiger partial charge in [0.2, 0.25) is 0 Å². The fourth-order valence-corrected chi connectivity index (χ4v) is 1.33. The van der Waals surface area contributed by atoms with Crippen molar-refractivity contribution in [2.24, 2.45) is 5.10 Å². The van der Waals surface area contributed by atoms with E-state index >= 15 is 0 Å². The second-order valence-electron chi connectivity index (χ2n) is 3.48. The minimum Gasteiger partial charge on any atom is -0.508 e. The van der Waals surface area contributed by atoms with E-state index in [4.69, 9.17) is 5.11 Å². The topological polar surface area (TPSA) is 64.9 Å². The van der Waals surface area contributed by atoms with Crippen LogP contribution in [0.3, 0.4) is 0 Å². The van der Waals surface area contributed by atoms with Crippen LogP contribution in [0.15, 0.2) is 53.6 Å². The number of hydrazone groups is 1. The van der Waals surface area contributed by atoms with Crippen LogP contribution in [0.4, 0.5) is 5.69 Å². The Labute approximate surface area is 98.9 Å². The molecule has 0 atom stereocenters. The van der Waals surface area contributed by atoms with Gasteiger partial charge in [-0.25, -0.2) is 0 Å². The van der Waals surface area contributed by atoms with E-state index in [1.54, 1.807) is 6.07 Å². The molecular weight excluding hydrogens is 216 g/mol. The highest BCUT2D eigenvalue weighted by Gasteiger charge is 1.98. The van der Waals surface area contributed by atoms with Crippen molar-refractivity contribution < 1.29 is 10.2 Å². The lowest BCUT2D eigenvalue weighted by molar-refractivity contribution is 0.450. The highest BCUT2D eigenvalue weighted by atomic mass is 16.3. The van der Waals surface area contributed by atoms with Gasteiger partial charge in [0, 0.05) is 11.6 Å². The summed E-state index contributed by atoms with van der Waals surface area (Å²) in [5.41, 5.74) is 4.23. The molecule has 0 spiro atoms. The first-order valence-electron chi connectivity index (χ1n) is 5.12. The van der Waals surface area contributed by atoms with E-state index < -0.39 is 0 Å². The molecular formula is C13H12N2O2. The summed E-state index contributed by atoms with van der Waals surface area (Å²) in [4.78, 5) is 0. The average Bonchev–Trinajstić information content (AvgIpc) is 2.33. The maximum absolute atomic E-state index is 9.51. The van der Waals surface area contributed by atoms with Gasteiger partial charge in [0.1, 0.15) is 11.5 Å². The number of anilines is 1. The summed E-state index contributed by atoms with van der Waals surface area (Å²) in [7, 11) is 0. The van der Waals surface area contributed by atoms with E-state index in [1.165, 1.54) is 18.3 Å². The van der Waals surface area contributed by atoms with Gasteiger partial charge in [0.25, 0.3) is 0 Å². The lowest BCUT2D eigenvalue weighted by Gasteiger charge is -2.00. The second-order valence-corrected chi connectivity index (χ2v) is 3.48. The van der Waals surface area contributed by atoms with Crippen molar-refractivity contribution in [3.63, 3.8) is 0 Å². The van der Waals surface area contributed by atoms with Crippen LogP contribution in [0.25, 0.3) is 0 Å². The van der Waals surface area contributed by atoms with Gasteiger partial charge >= 0.3 is 0 Å². The predicted octanol–water partition coefficient (Wildman–Crippen LogP) is 2.54. The van der Waals surface area contributed by atoms with Gasteiger partial charge in [-0.05, 0) is 24.3 Å². The number of rotatable bonds is 3. The molecule has 2 aromatic rings. The first-order valence-corrected chi connectivity index (χ1v) is 5.12. The fourth-order valence-electron chi connectivity index (χ4n) is 1.33. The lowest BCUT2D eigenvalue weighted by Crippen LogP contribution is -1.90. The molecule has 0 fully saturated rings. The Kier molecular flexibility index (Phi) is 3.25. The normalized spacial score (nSPS) is 10.6. The summed E-state index contributed by atoms with van der Waals surface area (Å²) in [5.74, 6) is 0.0132. The van der Waals surface area contributed by atoms with Crippen LogP contribution < -0.4 is 5.43 Å². The third-order valence-corrected chi connectivity index (χ3v) is 2.19. The molecule has 0 amide bonds. The van der Waals surface area contributed by atoms with Gasteiger partial charge in [0.05, 0.1) is 11.9 Å². The summed E-state index contributed by atoms with van der Waals surface area (Å²) >= 11 is 0. The number of benzene rings is 2. The van der Waals surface area contributed by atoms with Gasteiger partial charge in [0.15, 0.2) is 0 Å². The van der Waals surface area contributed by atoms with E-state index in [1.807, 2.05) is 30.3 Å². The van der Waals surface area contributed by atoms with E-state index in [0.717, 1.165) is 5.69 Å². The molecule has 4 nitrogen and oxygen atoms in total. The molecule has 0 aliphatic carbocycles. The van der Waals surface area contributed by atoms with Crippen LogP contribution in [0, 0.1) is 0 Å². The van der Waals surface area contributed by atoms with E-state index in [2.05, 4.69) is 10.5 Å². The quantitative estimate of drug-likeness (QED) is 0.558. The molecule has 17 heavy (non-hydrogen) atoms. The zero-order valence-electron chi connectivity index (χ0n) is 9.04. The van der Waals surface area contributed by atoms with Gasteiger partial charge in [-0.2, -0.15) is 5.10 Å². The number of hydrogen-bond acceptors (Lipinski definition) is 4. The molecule has 2 aromatic carbocycles. The van der Waals surface area contributed by atoms with Crippen LogP contribution in [0.2, 0.25) is 0 Å². The SMILES string of the molecule is Oc1ccc(/C=N/Nc2ccccc2)c(O)c1. The van der Waals surface area contributed by atoms with E-state index in [-0.39, 0.29) is 11.5 Å². The van der Waals surface area contributed by atoms with Crippen molar-refractivity contribution in [3.8, 4) is 11.5 Å². The minimum absolute atomic E-state index is 0.0105. The van der Waals surface area contributed by atoms with Crippen LogP contribution >= 0.6 is 0 Å². The largest absolute Gasteiger partial charge is 0.508 e. The molecule has 0 aromatic heterocycles. The van der Waals surface area contributed by atoms with Crippen molar-refractivity contribution in [2.45, 2.75) is 0 Å². The summed E-state index contributed by atoms with van der Waals surface area (Å²) in [5, 5.41) is 22.6. The van der Waals surface area contributed by atoms with E-state index in [0.29, 0.717) is 5.56 Å². The Morgan fingerprint density at radius 2 is 1.76 bits per heavy atom. The maximum Gasteiger partial charge on any atom is 0.128 e. The van der Waals surface area contributed by atoms with E-state index in [9.17, 15) is 5.11 Å². The monoisotopic (exact) mass is 228 g/mol. The molecule has 0 bridgehead atoms. The molecule has 0 saturated heterocycles. The summed E-state index contributed by atoms with van der Waals surface area (Å²) in [6.07, 6.45) is 1.49. The van der Waals surface area contributed by atoms with Crippen LogP contribution in [0.5, 0.6) is 11.5 Å². The molecule has 0 aliphatic heterocycles. The molecule has 3 N–H and O–H groups in total. The molecule has 86 valence electrons. The highest BCUT2D eigenvalue weighted by molar-refractivity contribution is 5.84. The first kappa shape index (κ1) is 11.0. The van der Waals surface area contributed by atoms with Crippen LogP contribution in [-0.2, 0) is 0 Å². The third-order valence-electron chi connectivity index (χ3n) is 2.19. The minimum atomic E-state index is -0.0105. The van der Waals surface area contributed by atoms with Gasteiger partial charge in [-0.1, -0.05) is 18.2 Å². The van der Waals surface area contributed by atoms with Crippen molar-refractivity contribution in [1.82, 2.24) is 0 Å². The number of nitrogens with one attached hydrogen (secondary N) is 1. The van der Waals surface area contributed by atoms with Crippen LogP contribution in [-0.4, -0.2) is 16.4 Å². The standard InChI is InChI=1S/C13H12N2O2/c16-12-7-6-10(13(17)8-12)9-14-15-11-4-2-1-3-5-11/h1-9,15-17H/b14-9+. The molecule has 0 heterocycles. The van der Waals surface area contributed by atoms with Crippen molar-refractivity contribution in [3.05, 3.63) is 54.1 Å². The Hall–Kier alpha value is -2.49. The average molecular weight is 228 g/mol. The highest BCUT2D eigenvalue weighted by Crippen LogP contribution is 2.20. The number of hydrogen-bond donors (Lipinski definition) is 3. The molecule has 4 heteroatoms. The molecule has 0 radical (unpaired) electrons. The van der Waals surface area contributed by atoms with Crippen LogP contribution in [0.1, 0.15) is 5.56 Å². The summed E-state index contributed by atoms with van der Waals surface area (Å²) in [6.45, 7) is 0. The molecule has 0 saturated carbocycles. The maximum atomic E-state index is 9.51. The van der Waals surface area contributed by atoms with Crippen molar-refractivity contribution in [1.29, 1.82) is 0 Å². The fraction of sp³-hybridized carbons (Fsp3) is 0. The Bertz CT molecular complexity index is 524. The second kappa shape index (κ2) is 5.03. The number of aromatic hydroxyl groups is 2. The lowest BCUT2D eigenvalue weighted by atomic mass is 10.2. The number of phenols is 2. The molecule has 0 aliphatic rings. The van der Waals surface area contributed by atoms with Gasteiger partial charge < -0.3 is 10.2 Å². The smallest absolute Gasteiger partial charge is 0.128 e. The summed E-state index contributed by atoms with van der Waals surface area (Å²) in [6, 6.07) is 13.8. The number of nitrogens with zero attached hydrogens (tertiary/aromatic N) is 1. The summed E-state index contributed by atoms with van der Waals surface area (Å²) < 4.78 is 0. The number of para-hydroxylation sites is 1.